The predicted molar refractivity (Wildman–Crippen MR) is 69.0 cm³/mol. The lowest BCUT2D eigenvalue weighted by Gasteiger charge is -1.90. The Bertz CT molecular complexity index is 574. The van der Waals surface area contributed by atoms with Crippen LogP contribution in [0, 0.1) is 0 Å². The van der Waals surface area contributed by atoms with E-state index >= 15 is 0 Å². The summed E-state index contributed by atoms with van der Waals surface area (Å²) in [7, 11) is 0. The van der Waals surface area contributed by atoms with Crippen molar-refractivity contribution in [2.45, 2.75) is 0 Å². The van der Waals surface area contributed by atoms with Crippen molar-refractivity contribution < 1.29 is 4.63 Å². The summed E-state index contributed by atoms with van der Waals surface area (Å²) in [6.45, 7) is 0. The third-order valence-electron chi connectivity index (χ3n) is 1.69. The molecule has 0 spiro atoms. The van der Waals surface area contributed by atoms with Crippen molar-refractivity contribution in [3.05, 3.63) is 26.5 Å². The fourth-order valence-electron chi connectivity index (χ4n) is 0.965. The second-order valence-electron chi connectivity index (χ2n) is 2.90. The second kappa shape index (κ2) is 5.06. The van der Waals surface area contributed by atoms with E-state index in [1.165, 1.54) is 11.3 Å². The van der Waals surface area contributed by atoms with Crippen LogP contribution >= 0.6 is 27.3 Å². The van der Waals surface area contributed by atoms with Crippen LogP contribution in [0.3, 0.4) is 0 Å². The molecule has 0 bridgehead atoms. The molecule has 0 amide bonds. The Balaban J connectivity index is 2.11. The molecule has 2 aromatic rings. The van der Waals surface area contributed by atoms with E-state index in [1.54, 1.807) is 6.21 Å². The van der Waals surface area contributed by atoms with E-state index in [-0.39, 0.29) is 17.3 Å². The molecule has 0 aliphatic heterocycles. The first kappa shape index (κ1) is 11.7. The van der Waals surface area contributed by atoms with Gasteiger partial charge in [-0.1, -0.05) is 0 Å². The van der Waals surface area contributed by atoms with E-state index in [9.17, 15) is 0 Å². The van der Waals surface area contributed by atoms with Crippen LogP contribution < -0.4 is 11.5 Å². The number of thiophene rings is 1. The predicted octanol–water partition coefficient (Wildman–Crippen LogP) is 1.22. The minimum atomic E-state index is 0.0515. The van der Waals surface area contributed by atoms with Crippen molar-refractivity contribution in [1.82, 2.24) is 10.3 Å². The first-order valence-electron chi connectivity index (χ1n) is 4.36. The average molecular weight is 315 g/mol. The van der Waals surface area contributed by atoms with Crippen molar-refractivity contribution in [3.8, 4) is 0 Å². The Morgan fingerprint density at radius 1 is 1.53 bits per heavy atom. The van der Waals surface area contributed by atoms with Gasteiger partial charge in [-0.25, -0.2) is 4.63 Å². The number of anilines is 1. The minimum Gasteiger partial charge on any atom is -0.380 e. The van der Waals surface area contributed by atoms with Gasteiger partial charge in [-0.3, -0.25) is 0 Å². The molecule has 0 saturated heterocycles. The lowest BCUT2D eigenvalue weighted by atomic mass is 10.4. The Morgan fingerprint density at radius 3 is 2.94 bits per heavy atom. The van der Waals surface area contributed by atoms with Gasteiger partial charge in [0, 0.05) is 14.7 Å². The minimum absolute atomic E-state index is 0.0515. The van der Waals surface area contributed by atoms with Gasteiger partial charge in [-0.2, -0.15) is 5.10 Å². The van der Waals surface area contributed by atoms with E-state index < -0.39 is 0 Å². The maximum absolute atomic E-state index is 5.60. The molecule has 88 valence electrons. The summed E-state index contributed by atoms with van der Waals surface area (Å²) in [5.41, 5.74) is 11.2. The molecular weight excluding hydrogens is 308 g/mol. The van der Waals surface area contributed by atoms with Gasteiger partial charge in [-0.05, 0) is 32.3 Å². The molecule has 0 saturated carbocycles. The van der Waals surface area contributed by atoms with Crippen LogP contribution in [-0.4, -0.2) is 22.4 Å². The van der Waals surface area contributed by atoms with Crippen molar-refractivity contribution in [2.75, 3.05) is 5.73 Å². The summed E-state index contributed by atoms with van der Waals surface area (Å²) in [6, 6.07) is 1.91. The first-order chi connectivity index (χ1) is 8.16. The summed E-state index contributed by atoms with van der Waals surface area (Å²) in [6.07, 6.45) is 1.58. The van der Waals surface area contributed by atoms with Crippen LogP contribution in [0.15, 0.2) is 30.8 Å². The van der Waals surface area contributed by atoms with E-state index in [2.05, 4.69) is 41.1 Å². The zero-order valence-electron chi connectivity index (χ0n) is 8.37. The summed E-state index contributed by atoms with van der Waals surface area (Å²) >= 11 is 4.86. The van der Waals surface area contributed by atoms with Gasteiger partial charge in [0.15, 0.2) is 17.3 Å². The van der Waals surface area contributed by atoms with E-state index in [4.69, 9.17) is 11.5 Å². The average Bonchev–Trinajstić information content (AvgIpc) is 2.87. The fourth-order valence-corrected chi connectivity index (χ4v) is 2.26. The molecule has 0 aromatic carbocycles. The zero-order valence-corrected chi connectivity index (χ0v) is 10.8. The van der Waals surface area contributed by atoms with Crippen LogP contribution in [0.25, 0.3) is 0 Å². The third kappa shape index (κ3) is 2.88. The number of nitrogens with zero attached hydrogens (tertiary/aromatic N) is 4. The lowest BCUT2D eigenvalue weighted by Crippen LogP contribution is -2.15. The normalized spacial score (nSPS) is 12.4. The second-order valence-corrected chi connectivity index (χ2v) is 4.75. The van der Waals surface area contributed by atoms with Crippen LogP contribution in [0.4, 0.5) is 5.82 Å². The molecule has 0 radical (unpaired) electrons. The van der Waals surface area contributed by atoms with Crippen LogP contribution in [0.5, 0.6) is 0 Å². The molecule has 2 aromatic heterocycles. The van der Waals surface area contributed by atoms with Crippen molar-refractivity contribution in [3.63, 3.8) is 0 Å². The molecule has 0 atom stereocenters. The van der Waals surface area contributed by atoms with Crippen LogP contribution in [0.2, 0.25) is 0 Å². The van der Waals surface area contributed by atoms with Crippen molar-refractivity contribution in [2.24, 2.45) is 15.9 Å². The largest absolute Gasteiger partial charge is 0.380 e. The number of halogens is 1. The Kier molecular flexibility index (Phi) is 3.49. The molecule has 0 unspecified atom stereocenters. The van der Waals surface area contributed by atoms with Gasteiger partial charge in [0.2, 0.25) is 0 Å². The number of hydrogen-bond acceptors (Lipinski definition) is 7. The molecule has 0 aliphatic rings. The Morgan fingerprint density at radius 2 is 2.35 bits per heavy atom. The number of rotatable bonds is 3. The number of aromatic nitrogens is 2. The quantitative estimate of drug-likeness (QED) is 0.502. The fraction of sp³-hybridized carbons (Fsp3) is 0. The SMILES string of the molecule is N/C(=N\N=C\c1cc(Br)cs1)c1nonc1N. The van der Waals surface area contributed by atoms with Crippen LogP contribution in [-0.2, 0) is 0 Å². The molecule has 4 N–H and O–H groups in total. The summed E-state index contributed by atoms with van der Waals surface area (Å²) in [4.78, 5) is 0.944. The molecular formula is C8H7BrN6OS. The number of nitrogen functional groups attached to an aromatic ring is 1. The molecule has 7 nitrogen and oxygen atoms in total. The van der Waals surface area contributed by atoms with Crippen LogP contribution in [0.1, 0.15) is 10.6 Å². The monoisotopic (exact) mass is 314 g/mol. The molecule has 17 heavy (non-hydrogen) atoms. The number of nitrogens with two attached hydrogens (primary N) is 2. The van der Waals surface area contributed by atoms with E-state index in [0.29, 0.717) is 0 Å². The highest BCUT2D eigenvalue weighted by molar-refractivity contribution is 9.10. The smallest absolute Gasteiger partial charge is 0.199 e. The van der Waals surface area contributed by atoms with E-state index in [1.807, 2.05) is 11.4 Å². The highest BCUT2D eigenvalue weighted by Crippen LogP contribution is 2.17. The third-order valence-corrected chi connectivity index (χ3v) is 3.32. The summed E-state index contributed by atoms with van der Waals surface area (Å²) in [5.74, 6) is 0.135. The lowest BCUT2D eigenvalue weighted by molar-refractivity contribution is 0.308. The first-order valence-corrected chi connectivity index (χ1v) is 6.03. The van der Waals surface area contributed by atoms with Gasteiger partial charge >= 0.3 is 0 Å². The molecule has 9 heteroatoms. The van der Waals surface area contributed by atoms with Gasteiger partial charge < -0.3 is 11.5 Å². The summed E-state index contributed by atoms with van der Waals surface area (Å²) in [5, 5.41) is 16.4. The maximum atomic E-state index is 5.60. The van der Waals surface area contributed by atoms with E-state index in [0.717, 1.165) is 9.35 Å². The Labute approximate surface area is 108 Å². The number of hydrogen-bond donors (Lipinski definition) is 2. The highest BCUT2D eigenvalue weighted by atomic mass is 79.9. The van der Waals surface area contributed by atoms with Gasteiger partial charge in [-0.15, -0.1) is 16.4 Å². The van der Waals surface area contributed by atoms with Crippen molar-refractivity contribution in [1.29, 1.82) is 0 Å². The Hall–Kier alpha value is -1.74. The molecule has 2 rings (SSSR count). The van der Waals surface area contributed by atoms with Gasteiger partial charge in [0.25, 0.3) is 0 Å². The number of amidine groups is 1. The highest BCUT2D eigenvalue weighted by Gasteiger charge is 2.09. The van der Waals surface area contributed by atoms with Gasteiger partial charge in [0.1, 0.15) is 0 Å². The maximum Gasteiger partial charge on any atom is 0.199 e. The topological polar surface area (TPSA) is 116 Å². The molecule has 2 heterocycles. The van der Waals surface area contributed by atoms with Crippen molar-refractivity contribution >= 4 is 45.1 Å². The zero-order chi connectivity index (χ0) is 12.3. The standard InChI is InChI=1S/C8H7BrN6OS/c9-4-1-5(17-3-4)2-12-13-7(10)6-8(11)15-16-14-6/h1-3H,(H2,10,13)(H2,11,15)/b12-2+. The summed E-state index contributed by atoms with van der Waals surface area (Å²) < 4.78 is 5.38. The molecule has 0 aliphatic carbocycles. The molecule has 0 fully saturated rings. The van der Waals surface area contributed by atoms with Gasteiger partial charge in [0.05, 0.1) is 6.21 Å².